The number of hydrogen-bond acceptors (Lipinski definition) is 8. The summed E-state index contributed by atoms with van der Waals surface area (Å²) in [6, 6.07) is 8.57. The second-order valence-corrected chi connectivity index (χ2v) is 14.0. The third-order valence-electron chi connectivity index (χ3n) is 9.26. The lowest BCUT2D eigenvalue weighted by atomic mass is 9.66. The fourth-order valence-corrected chi connectivity index (χ4v) is 7.01. The van der Waals surface area contributed by atoms with Crippen LogP contribution < -0.4 is 15.0 Å². The Bertz CT molecular complexity index is 1320. The summed E-state index contributed by atoms with van der Waals surface area (Å²) >= 11 is 0. The number of carbonyl (C=O) groups excluding carboxylic acids is 2. The van der Waals surface area contributed by atoms with Crippen LogP contribution in [0.3, 0.4) is 0 Å². The maximum atomic E-state index is 14.0. The topological polar surface area (TPSA) is 93.2 Å². The minimum absolute atomic E-state index is 0.174. The molecular formula is C35H52N4O5. The van der Waals surface area contributed by atoms with Crippen LogP contribution in [-0.2, 0) is 26.2 Å². The van der Waals surface area contributed by atoms with Crippen molar-refractivity contribution in [3.05, 3.63) is 53.2 Å². The minimum atomic E-state index is -0.874. The Hall–Kier alpha value is -3.33. The molecule has 0 radical (unpaired) electrons. The van der Waals surface area contributed by atoms with Crippen LogP contribution in [-0.4, -0.2) is 67.9 Å². The molecule has 1 aliphatic carbocycles. The van der Waals surface area contributed by atoms with Crippen molar-refractivity contribution in [3.63, 3.8) is 0 Å². The number of ether oxygens (including phenoxy) is 3. The second-order valence-electron chi connectivity index (χ2n) is 14.0. The molecule has 0 unspecified atom stereocenters. The number of hydrogen-bond donors (Lipinski definition) is 1. The second kappa shape index (κ2) is 13.3. The highest BCUT2D eigenvalue weighted by atomic mass is 16.6. The quantitative estimate of drug-likeness (QED) is 0.317. The van der Waals surface area contributed by atoms with Gasteiger partial charge in [0, 0.05) is 49.9 Å². The molecule has 0 spiro atoms. The molecule has 242 valence electrons. The molecule has 2 aromatic rings. The maximum Gasteiger partial charge on any atom is 0.411 e. The summed E-state index contributed by atoms with van der Waals surface area (Å²) in [6.45, 7) is 14.8. The van der Waals surface area contributed by atoms with Gasteiger partial charge in [-0.3, -0.25) is 4.90 Å². The van der Waals surface area contributed by atoms with E-state index in [0.29, 0.717) is 6.54 Å². The van der Waals surface area contributed by atoms with Crippen LogP contribution in [0.15, 0.2) is 36.5 Å². The van der Waals surface area contributed by atoms with Gasteiger partial charge in [0.1, 0.15) is 17.6 Å². The van der Waals surface area contributed by atoms with Crippen LogP contribution in [0.25, 0.3) is 0 Å². The van der Waals surface area contributed by atoms with E-state index in [2.05, 4.69) is 56.2 Å². The molecule has 0 bridgehead atoms. The summed E-state index contributed by atoms with van der Waals surface area (Å²) in [5.74, 6) is 0.774. The molecule has 44 heavy (non-hydrogen) atoms. The zero-order chi connectivity index (χ0) is 32.4. The predicted octanol–water partition coefficient (Wildman–Crippen LogP) is 6.25. The van der Waals surface area contributed by atoms with Crippen molar-refractivity contribution in [2.75, 3.05) is 32.7 Å². The Labute approximate surface area is 263 Å². The normalized spacial score (nSPS) is 22.8. The Morgan fingerprint density at radius 2 is 1.89 bits per heavy atom. The van der Waals surface area contributed by atoms with Crippen molar-refractivity contribution in [1.82, 2.24) is 15.2 Å². The van der Waals surface area contributed by atoms with E-state index in [-0.39, 0.29) is 30.1 Å². The first kappa shape index (κ1) is 33.6. The number of methoxy groups -OCH3 is 1. The van der Waals surface area contributed by atoms with Gasteiger partial charge in [-0.05, 0) is 62.1 Å². The fraction of sp³-hybridized carbons (Fsp3) is 0.629. The minimum Gasteiger partial charge on any atom is -0.496 e. The third kappa shape index (κ3) is 6.67. The number of benzene rings is 1. The van der Waals surface area contributed by atoms with Gasteiger partial charge in [0.25, 0.3) is 0 Å². The number of anilines is 1. The van der Waals surface area contributed by atoms with Gasteiger partial charge in [0.05, 0.1) is 25.9 Å². The number of carbonyl (C=O) groups is 2. The van der Waals surface area contributed by atoms with E-state index in [1.165, 1.54) is 24.8 Å². The smallest absolute Gasteiger partial charge is 0.411 e. The summed E-state index contributed by atoms with van der Waals surface area (Å²) < 4.78 is 17.3. The van der Waals surface area contributed by atoms with Gasteiger partial charge in [-0.1, -0.05) is 52.3 Å². The number of nitrogens with zero attached hydrogens (tertiary/aromatic N) is 3. The largest absolute Gasteiger partial charge is 0.496 e. The van der Waals surface area contributed by atoms with Gasteiger partial charge in [-0.15, -0.1) is 0 Å². The molecule has 1 amide bonds. The molecule has 1 aromatic heterocycles. The highest BCUT2D eigenvalue weighted by molar-refractivity contribution is 5.84. The van der Waals surface area contributed by atoms with Gasteiger partial charge in [-0.2, -0.15) is 0 Å². The summed E-state index contributed by atoms with van der Waals surface area (Å²) in [5.41, 5.74) is 2.96. The molecule has 2 heterocycles. The number of esters is 1. The average molecular weight is 609 g/mol. The molecule has 1 aromatic carbocycles. The molecule has 1 saturated carbocycles. The monoisotopic (exact) mass is 608 g/mol. The van der Waals surface area contributed by atoms with Crippen molar-refractivity contribution in [2.45, 2.75) is 104 Å². The lowest BCUT2D eigenvalue weighted by Crippen LogP contribution is -2.49. The van der Waals surface area contributed by atoms with E-state index in [1.807, 2.05) is 45.0 Å². The number of amides is 1. The Balaban J connectivity index is 1.88. The molecule has 4 rings (SSSR count). The highest BCUT2D eigenvalue weighted by Gasteiger charge is 2.59. The molecular weight excluding hydrogens is 556 g/mol. The average Bonchev–Trinajstić information content (AvgIpc) is 3.30. The molecule has 4 atom stereocenters. The maximum absolute atomic E-state index is 14.0. The summed E-state index contributed by atoms with van der Waals surface area (Å²) in [7, 11) is 5.56. The first-order chi connectivity index (χ1) is 20.7. The summed E-state index contributed by atoms with van der Waals surface area (Å²) in [6.07, 6.45) is 4.41. The number of pyridine rings is 1. The number of nitrogens with one attached hydrogen (secondary N) is 1. The zero-order valence-corrected chi connectivity index (χ0v) is 28.3. The molecule has 9 nitrogen and oxygen atoms in total. The van der Waals surface area contributed by atoms with Crippen LogP contribution in [0, 0.1) is 11.3 Å². The zero-order valence-electron chi connectivity index (χ0n) is 28.3. The predicted molar refractivity (Wildman–Crippen MR) is 173 cm³/mol. The van der Waals surface area contributed by atoms with Gasteiger partial charge >= 0.3 is 12.1 Å². The molecule has 1 aliphatic heterocycles. The molecule has 2 aliphatic rings. The fourth-order valence-electron chi connectivity index (χ4n) is 7.01. The number of likely N-dealkylation sites (tertiary alicyclic amines) is 1. The lowest BCUT2D eigenvalue weighted by molar-refractivity contribution is -0.151. The van der Waals surface area contributed by atoms with E-state index < -0.39 is 29.6 Å². The SMILES string of the molecule is CCOC(=O)[C@@H]1[C@@H](C(C)(C)C)[C@H](NCc2cc(C3(C)CCC3)ccc2OC)[C@H](c2cccnc2N(C)C)N1C(=O)OC(C)C. The van der Waals surface area contributed by atoms with E-state index in [9.17, 15) is 9.59 Å². The van der Waals surface area contributed by atoms with Crippen LogP contribution in [0.2, 0.25) is 0 Å². The van der Waals surface area contributed by atoms with Crippen molar-refractivity contribution in [3.8, 4) is 5.75 Å². The van der Waals surface area contributed by atoms with E-state index in [0.717, 1.165) is 22.7 Å². The number of aromatic nitrogens is 1. The molecule has 1 N–H and O–H groups in total. The van der Waals surface area contributed by atoms with Crippen LogP contribution >= 0.6 is 0 Å². The van der Waals surface area contributed by atoms with E-state index in [1.54, 1.807) is 25.1 Å². The van der Waals surface area contributed by atoms with Gasteiger partial charge < -0.3 is 24.4 Å². The van der Waals surface area contributed by atoms with Crippen molar-refractivity contribution in [2.24, 2.45) is 11.3 Å². The summed E-state index contributed by atoms with van der Waals surface area (Å²) in [4.78, 5) is 36.1. The van der Waals surface area contributed by atoms with Crippen molar-refractivity contribution < 1.29 is 23.8 Å². The van der Waals surface area contributed by atoms with Crippen LogP contribution in [0.4, 0.5) is 10.6 Å². The Morgan fingerprint density at radius 1 is 1.18 bits per heavy atom. The molecule has 1 saturated heterocycles. The van der Waals surface area contributed by atoms with Crippen LogP contribution in [0.1, 0.15) is 90.5 Å². The van der Waals surface area contributed by atoms with Crippen molar-refractivity contribution >= 4 is 17.9 Å². The molecule has 2 fully saturated rings. The van der Waals surface area contributed by atoms with Gasteiger partial charge in [0.15, 0.2) is 0 Å². The highest BCUT2D eigenvalue weighted by Crippen LogP contribution is 2.50. The van der Waals surface area contributed by atoms with E-state index >= 15 is 0 Å². The third-order valence-corrected chi connectivity index (χ3v) is 9.26. The Morgan fingerprint density at radius 3 is 2.43 bits per heavy atom. The van der Waals surface area contributed by atoms with Gasteiger partial charge in [-0.25, -0.2) is 14.6 Å². The van der Waals surface area contributed by atoms with Crippen LogP contribution in [0.5, 0.6) is 5.75 Å². The first-order valence-corrected chi connectivity index (χ1v) is 15.9. The lowest BCUT2D eigenvalue weighted by Gasteiger charge is -2.39. The molecule has 9 heteroatoms. The summed E-state index contributed by atoms with van der Waals surface area (Å²) in [5, 5.41) is 3.84. The number of rotatable bonds is 10. The van der Waals surface area contributed by atoms with Gasteiger partial charge in [0.2, 0.25) is 0 Å². The van der Waals surface area contributed by atoms with Crippen molar-refractivity contribution in [1.29, 1.82) is 0 Å². The standard InChI is InChI=1S/C35H52N4O5/c1-11-43-32(40)30-27(34(4,5)6)28(37-21-23-20-24(15-16-26(23)42-10)35(7)17-13-18-35)29(39(30)33(41)44-22(2)3)25-14-12-19-36-31(25)38(8)9/h12,14-16,19-20,22,27-30,37H,11,13,17-18,21H2,1-10H3/t27-,28-,29-,30-/m0/s1. The first-order valence-electron chi connectivity index (χ1n) is 15.9. The Kier molecular flexibility index (Phi) is 10.2. The van der Waals surface area contributed by atoms with E-state index in [4.69, 9.17) is 14.2 Å².